The van der Waals surface area contributed by atoms with E-state index in [4.69, 9.17) is 9.72 Å². The summed E-state index contributed by atoms with van der Waals surface area (Å²) < 4.78 is 5.33. The lowest BCUT2D eigenvalue weighted by Crippen LogP contribution is -1.97. The molecule has 0 bridgehead atoms. The van der Waals surface area contributed by atoms with Crippen molar-refractivity contribution in [3.05, 3.63) is 48.8 Å². The molecule has 0 atom stereocenters. The number of anilines is 2. The molecule has 0 saturated heterocycles. The molecule has 0 unspecified atom stereocenters. The molecular formula is C18H14N6O. The third-order valence-corrected chi connectivity index (χ3v) is 4.33. The molecule has 0 aliphatic rings. The van der Waals surface area contributed by atoms with Crippen molar-refractivity contribution >= 4 is 44.2 Å². The van der Waals surface area contributed by atoms with Gasteiger partial charge < -0.3 is 10.1 Å². The molecule has 5 rings (SSSR count). The molecule has 2 aromatic carbocycles. The van der Waals surface area contributed by atoms with Gasteiger partial charge in [-0.05, 0) is 24.3 Å². The lowest BCUT2D eigenvalue weighted by molar-refractivity contribution is 0.415. The van der Waals surface area contributed by atoms with E-state index in [0.717, 1.165) is 44.1 Å². The van der Waals surface area contributed by atoms with Crippen molar-refractivity contribution in [1.29, 1.82) is 0 Å². The second kappa shape index (κ2) is 5.20. The molecule has 0 aliphatic heterocycles. The zero-order valence-electron chi connectivity index (χ0n) is 13.4. The van der Waals surface area contributed by atoms with E-state index < -0.39 is 0 Å². The Balaban J connectivity index is 1.72. The number of aromatic amines is 2. The van der Waals surface area contributed by atoms with Crippen LogP contribution in [0, 0.1) is 0 Å². The molecule has 7 nitrogen and oxygen atoms in total. The first-order valence-electron chi connectivity index (χ1n) is 7.83. The first-order chi connectivity index (χ1) is 12.3. The van der Waals surface area contributed by atoms with Crippen LogP contribution in [0.5, 0.6) is 5.75 Å². The number of fused-ring (bicyclic) bond motifs is 4. The van der Waals surface area contributed by atoms with E-state index in [9.17, 15) is 0 Å². The number of methoxy groups -OCH3 is 1. The van der Waals surface area contributed by atoms with Gasteiger partial charge in [-0.1, -0.05) is 12.1 Å². The number of para-hydroxylation sites is 1. The van der Waals surface area contributed by atoms with Crippen molar-refractivity contribution in [3.8, 4) is 5.75 Å². The van der Waals surface area contributed by atoms with E-state index in [1.807, 2.05) is 36.4 Å². The molecule has 5 aromatic rings. The normalized spacial score (nSPS) is 11.4. The van der Waals surface area contributed by atoms with Gasteiger partial charge in [0.05, 0.1) is 36.2 Å². The standard InChI is InChI=1S/C18H14N6O/c1-25-11-5-6-14-12(7-11)13-9-20-24-17(13)18(21-14)22-15-4-2-3-10-8-19-23-16(10)15/h2-9H,1H3,(H,19,23)(H,20,24)(H,21,22). The zero-order chi connectivity index (χ0) is 16.8. The Kier molecular flexibility index (Phi) is 2.87. The smallest absolute Gasteiger partial charge is 0.157 e. The van der Waals surface area contributed by atoms with Gasteiger partial charge in [0, 0.05) is 16.2 Å². The molecule has 0 saturated carbocycles. The van der Waals surface area contributed by atoms with Gasteiger partial charge in [0.2, 0.25) is 0 Å². The van der Waals surface area contributed by atoms with Gasteiger partial charge in [-0.3, -0.25) is 10.2 Å². The van der Waals surface area contributed by atoms with Gasteiger partial charge >= 0.3 is 0 Å². The number of hydrogen-bond acceptors (Lipinski definition) is 5. The number of benzene rings is 2. The molecule has 3 aromatic heterocycles. The molecule has 0 radical (unpaired) electrons. The molecule has 0 aliphatic carbocycles. The van der Waals surface area contributed by atoms with Crippen LogP contribution in [0.4, 0.5) is 11.5 Å². The first-order valence-corrected chi connectivity index (χ1v) is 7.83. The fraction of sp³-hybridized carbons (Fsp3) is 0.0556. The largest absolute Gasteiger partial charge is 0.497 e. The van der Waals surface area contributed by atoms with Gasteiger partial charge in [-0.15, -0.1) is 0 Å². The summed E-state index contributed by atoms with van der Waals surface area (Å²) in [6.07, 6.45) is 3.60. The third-order valence-electron chi connectivity index (χ3n) is 4.33. The Labute approximate surface area is 142 Å². The highest BCUT2D eigenvalue weighted by atomic mass is 16.5. The highest BCUT2D eigenvalue weighted by Crippen LogP contribution is 2.32. The number of hydrogen-bond donors (Lipinski definition) is 3. The highest BCUT2D eigenvalue weighted by molar-refractivity contribution is 6.09. The summed E-state index contributed by atoms with van der Waals surface area (Å²) in [5.41, 5.74) is 3.56. The summed E-state index contributed by atoms with van der Waals surface area (Å²) in [6, 6.07) is 11.8. The van der Waals surface area contributed by atoms with Crippen molar-refractivity contribution in [3.63, 3.8) is 0 Å². The number of nitrogens with zero attached hydrogens (tertiary/aromatic N) is 3. The second-order valence-electron chi connectivity index (χ2n) is 5.77. The predicted molar refractivity (Wildman–Crippen MR) is 97.3 cm³/mol. The summed E-state index contributed by atoms with van der Waals surface area (Å²) >= 11 is 0. The number of aromatic nitrogens is 5. The molecule has 0 fully saturated rings. The lowest BCUT2D eigenvalue weighted by atomic mass is 10.1. The SMILES string of the molecule is COc1ccc2nc(Nc3cccc4cn[nH]c34)c3[nH]ncc3c2c1. The average molecular weight is 330 g/mol. The Morgan fingerprint density at radius 1 is 0.960 bits per heavy atom. The molecule has 122 valence electrons. The Morgan fingerprint density at radius 2 is 1.84 bits per heavy atom. The first kappa shape index (κ1) is 13.8. The maximum Gasteiger partial charge on any atom is 0.157 e. The summed E-state index contributed by atoms with van der Waals surface area (Å²) in [5.74, 6) is 1.51. The van der Waals surface area contributed by atoms with Gasteiger partial charge in [-0.25, -0.2) is 4.98 Å². The molecule has 3 N–H and O–H groups in total. The number of ether oxygens (including phenoxy) is 1. The molecule has 7 heteroatoms. The van der Waals surface area contributed by atoms with Crippen LogP contribution in [0.1, 0.15) is 0 Å². The van der Waals surface area contributed by atoms with Crippen LogP contribution in [-0.4, -0.2) is 32.5 Å². The molecule has 0 amide bonds. The van der Waals surface area contributed by atoms with Crippen LogP contribution < -0.4 is 10.1 Å². The predicted octanol–water partition coefficient (Wildman–Crippen LogP) is 3.74. The molecule has 25 heavy (non-hydrogen) atoms. The van der Waals surface area contributed by atoms with E-state index in [1.54, 1.807) is 19.5 Å². The van der Waals surface area contributed by atoms with Crippen molar-refractivity contribution in [2.75, 3.05) is 12.4 Å². The second-order valence-corrected chi connectivity index (χ2v) is 5.77. The summed E-state index contributed by atoms with van der Waals surface area (Å²) in [6.45, 7) is 0. The Bertz CT molecular complexity index is 1220. The summed E-state index contributed by atoms with van der Waals surface area (Å²) in [4.78, 5) is 4.77. The van der Waals surface area contributed by atoms with Gasteiger partial charge in [0.15, 0.2) is 5.82 Å². The fourth-order valence-corrected chi connectivity index (χ4v) is 3.09. The minimum absolute atomic E-state index is 0.715. The van der Waals surface area contributed by atoms with E-state index in [0.29, 0.717) is 5.82 Å². The van der Waals surface area contributed by atoms with Crippen LogP contribution >= 0.6 is 0 Å². The van der Waals surface area contributed by atoms with Gasteiger partial charge in [0.25, 0.3) is 0 Å². The molecular weight excluding hydrogens is 316 g/mol. The molecule has 3 heterocycles. The fourth-order valence-electron chi connectivity index (χ4n) is 3.09. The van der Waals surface area contributed by atoms with Gasteiger partial charge in [0.1, 0.15) is 11.3 Å². The number of H-pyrrole nitrogens is 2. The quantitative estimate of drug-likeness (QED) is 0.469. The van der Waals surface area contributed by atoms with Crippen molar-refractivity contribution in [1.82, 2.24) is 25.4 Å². The van der Waals surface area contributed by atoms with Crippen LogP contribution in [0.15, 0.2) is 48.8 Å². The number of nitrogens with one attached hydrogen (secondary N) is 3. The lowest BCUT2D eigenvalue weighted by Gasteiger charge is -2.10. The zero-order valence-corrected chi connectivity index (χ0v) is 13.4. The van der Waals surface area contributed by atoms with Crippen molar-refractivity contribution in [2.24, 2.45) is 0 Å². The van der Waals surface area contributed by atoms with Crippen LogP contribution in [0.25, 0.3) is 32.7 Å². The van der Waals surface area contributed by atoms with E-state index in [2.05, 4.69) is 25.7 Å². The topological polar surface area (TPSA) is 91.5 Å². The summed E-state index contributed by atoms with van der Waals surface area (Å²) in [5, 5.41) is 20.8. The average Bonchev–Trinajstić information content (AvgIpc) is 3.31. The maximum absolute atomic E-state index is 5.33. The third kappa shape index (κ3) is 2.09. The van der Waals surface area contributed by atoms with Crippen LogP contribution in [0.3, 0.4) is 0 Å². The van der Waals surface area contributed by atoms with E-state index >= 15 is 0 Å². The summed E-state index contributed by atoms with van der Waals surface area (Å²) in [7, 11) is 1.65. The van der Waals surface area contributed by atoms with Crippen LogP contribution in [0.2, 0.25) is 0 Å². The van der Waals surface area contributed by atoms with Crippen LogP contribution in [-0.2, 0) is 0 Å². The maximum atomic E-state index is 5.33. The number of pyridine rings is 1. The highest BCUT2D eigenvalue weighted by Gasteiger charge is 2.12. The molecule has 0 spiro atoms. The van der Waals surface area contributed by atoms with Crippen molar-refractivity contribution < 1.29 is 4.74 Å². The monoisotopic (exact) mass is 330 g/mol. The van der Waals surface area contributed by atoms with Crippen molar-refractivity contribution in [2.45, 2.75) is 0 Å². The minimum atomic E-state index is 0.715. The number of rotatable bonds is 3. The Morgan fingerprint density at radius 3 is 2.76 bits per heavy atom. The van der Waals surface area contributed by atoms with E-state index in [1.165, 1.54) is 0 Å². The Hall–Kier alpha value is -3.61. The minimum Gasteiger partial charge on any atom is -0.497 e. The van der Waals surface area contributed by atoms with E-state index in [-0.39, 0.29) is 0 Å². The van der Waals surface area contributed by atoms with Gasteiger partial charge in [-0.2, -0.15) is 10.2 Å².